The predicted molar refractivity (Wildman–Crippen MR) is 128 cm³/mol. The lowest BCUT2D eigenvalue weighted by atomic mass is 10.0. The Morgan fingerprint density at radius 3 is 2.45 bits per heavy atom. The van der Waals surface area contributed by atoms with Gasteiger partial charge in [-0.1, -0.05) is 19.1 Å². The Balaban J connectivity index is 1.44. The van der Waals surface area contributed by atoms with Crippen LogP contribution in [0, 0.1) is 11.8 Å². The number of fused-ring (bicyclic) bond motifs is 1. The average Bonchev–Trinajstić information content (AvgIpc) is 3.21. The first-order chi connectivity index (χ1) is 16.0. The Labute approximate surface area is 195 Å². The van der Waals surface area contributed by atoms with Crippen molar-refractivity contribution < 1.29 is 17.9 Å². The zero-order chi connectivity index (χ0) is 22.8. The van der Waals surface area contributed by atoms with Crippen molar-refractivity contribution in [1.82, 2.24) is 9.78 Å². The molecule has 0 aliphatic carbocycles. The summed E-state index contributed by atoms with van der Waals surface area (Å²) in [4.78, 5) is 0.292. The molecule has 0 N–H and O–H groups in total. The van der Waals surface area contributed by atoms with Gasteiger partial charge in [-0.25, -0.2) is 8.42 Å². The van der Waals surface area contributed by atoms with Crippen LogP contribution in [-0.2, 0) is 32.5 Å². The smallest absolute Gasteiger partial charge is 0.264 e. The second-order valence-corrected chi connectivity index (χ2v) is 10.9. The molecule has 2 aliphatic heterocycles. The van der Waals surface area contributed by atoms with Crippen molar-refractivity contribution in [3.8, 4) is 0 Å². The van der Waals surface area contributed by atoms with Gasteiger partial charge in [0.2, 0.25) is 0 Å². The molecule has 33 heavy (non-hydrogen) atoms. The molecular formula is C25H31N3O4S. The first-order valence-electron chi connectivity index (χ1n) is 11.8. The van der Waals surface area contributed by atoms with Gasteiger partial charge in [0.05, 0.1) is 35.5 Å². The minimum Gasteiger partial charge on any atom is -0.381 e. The topological polar surface area (TPSA) is 73.7 Å². The van der Waals surface area contributed by atoms with Crippen LogP contribution < -0.4 is 4.31 Å². The van der Waals surface area contributed by atoms with Crippen LogP contribution in [0.2, 0.25) is 0 Å². The molecule has 2 aromatic carbocycles. The van der Waals surface area contributed by atoms with Gasteiger partial charge >= 0.3 is 0 Å². The molecule has 0 atom stereocenters. The summed E-state index contributed by atoms with van der Waals surface area (Å²) in [5, 5.41) is 5.40. The van der Waals surface area contributed by atoms with Crippen LogP contribution in [0.1, 0.15) is 25.3 Å². The van der Waals surface area contributed by atoms with E-state index in [1.807, 2.05) is 35.0 Å². The Hall–Kier alpha value is -2.42. The molecule has 0 bridgehead atoms. The molecule has 0 unspecified atom stereocenters. The highest BCUT2D eigenvalue weighted by Gasteiger charge is 2.31. The molecule has 2 aliphatic rings. The lowest BCUT2D eigenvalue weighted by Gasteiger charge is -2.33. The molecule has 8 heteroatoms. The van der Waals surface area contributed by atoms with Gasteiger partial charge in [-0.3, -0.25) is 8.99 Å². The van der Waals surface area contributed by atoms with Crippen molar-refractivity contribution in [2.24, 2.45) is 11.8 Å². The number of sulfonamides is 1. The first-order valence-corrected chi connectivity index (χ1v) is 13.2. The fourth-order valence-corrected chi connectivity index (χ4v) is 6.11. The number of anilines is 1. The van der Waals surface area contributed by atoms with Crippen LogP contribution >= 0.6 is 0 Å². The maximum absolute atomic E-state index is 13.8. The van der Waals surface area contributed by atoms with Crippen LogP contribution in [0.3, 0.4) is 0 Å². The summed E-state index contributed by atoms with van der Waals surface area (Å²) in [6.07, 6.45) is 4.75. The van der Waals surface area contributed by atoms with E-state index in [4.69, 9.17) is 9.47 Å². The van der Waals surface area contributed by atoms with Crippen LogP contribution in [0.15, 0.2) is 53.6 Å². The normalized spacial score (nSPS) is 17.8. The predicted octanol–water partition coefficient (Wildman–Crippen LogP) is 3.87. The fourth-order valence-electron chi connectivity index (χ4n) is 4.54. The molecule has 2 saturated heterocycles. The van der Waals surface area contributed by atoms with E-state index in [0.717, 1.165) is 49.9 Å². The zero-order valence-electron chi connectivity index (χ0n) is 19.0. The van der Waals surface area contributed by atoms with Gasteiger partial charge in [0.25, 0.3) is 10.0 Å². The molecule has 0 amide bonds. The number of nitrogens with zero attached hydrogens (tertiary/aromatic N) is 3. The second-order valence-electron chi connectivity index (χ2n) is 9.06. The van der Waals surface area contributed by atoms with Crippen LogP contribution in [0.4, 0.5) is 5.69 Å². The maximum atomic E-state index is 13.8. The quantitative estimate of drug-likeness (QED) is 0.501. The van der Waals surface area contributed by atoms with Crippen LogP contribution in [0.25, 0.3) is 10.9 Å². The number of hydrogen-bond acceptors (Lipinski definition) is 5. The van der Waals surface area contributed by atoms with Crippen molar-refractivity contribution in [3.05, 3.63) is 54.2 Å². The van der Waals surface area contributed by atoms with Crippen molar-refractivity contribution in [2.75, 3.05) is 37.3 Å². The average molecular weight is 470 g/mol. The standard InChI is InChI=1S/C25H31N3O4S/c1-2-19-3-5-23(6-4-19)28(16-21-17-32-18-21)33(29,30)24-7-8-25-22(13-24)14-26-27(25)15-20-9-11-31-12-10-20/h3-8,13-14,20-21H,2,9-12,15-18H2,1H3. The summed E-state index contributed by atoms with van der Waals surface area (Å²) in [7, 11) is -3.73. The van der Waals surface area contributed by atoms with Crippen LogP contribution in [0.5, 0.6) is 0 Å². The van der Waals surface area contributed by atoms with Crippen molar-refractivity contribution in [2.45, 2.75) is 37.6 Å². The highest BCUT2D eigenvalue weighted by Crippen LogP contribution is 2.29. The highest BCUT2D eigenvalue weighted by molar-refractivity contribution is 7.92. The molecule has 176 valence electrons. The highest BCUT2D eigenvalue weighted by atomic mass is 32.2. The SMILES string of the molecule is CCc1ccc(N(CC2COC2)S(=O)(=O)c2ccc3c(cnn3CC3CCOCC3)c2)cc1. The third-order valence-corrected chi connectivity index (χ3v) is 8.53. The summed E-state index contributed by atoms with van der Waals surface area (Å²) in [5.74, 6) is 0.744. The van der Waals surface area contributed by atoms with Gasteiger partial charge in [0, 0.05) is 37.6 Å². The number of aryl methyl sites for hydroxylation is 1. The lowest BCUT2D eigenvalue weighted by molar-refractivity contribution is -0.0262. The minimum atomic E-state index is -3.73. The molecule has 5 rings (SSSR count). The molecule has 1 aromatic heterocycles. The van der Waals surface area contributed by atoms with Crippen LogP contribution in [-0.4, -0.2) is 51.2 Å². The van der Waals surface area contributed by atoms with E-state index in [1.54, 1.807) is 18.3 Å². The Morgan fingerprint density at radius 2 is 1.79 bits per heavy atom. The number of ether oxygens (including phenoxy) is 2. The van der Waals surface area contributed by atoms with Gasteiger partial charge in [-0.2, -0.15) is 5.10 Å². The number of rotatable bonds is 8. The molecule has 7 nitrogen and oxygen atoms in total. The van der Waals surface area contributed by atoms with Gasteiger partial charge in [-0.15, -0.1) is 0 Å². The van der Waals surface area contributed by atoms with E-state index in [2.05, 4.69) is 12.0 Å². The zero-order valence-corrected chi connectivity index (χ0v) is 19.8. The van der Waals surface area contributed by atoms with E-state index in [1.165, 1.54) is 9.87 Å². The van der Waals surface area contributed by atoms with E-state index in [9.17, 15) is 8.42 Å². The summed E-state index contributed by atoms with van der Waals surface area (Å²) in [6.45, 7) is 6.12. The second kappa shape index (κ2) is 9.44. The molecule has 3 heterocycles. The fraction of sp³-hybridized carbons (Fsp3) is 0.480. The van der Waals surface area contributed by atoms with E-state index in [0.29, 0.717) is 36.3 Å². The maximum Gasteiger partial charge on any atom is 0.264 e. The third kappa shape index (κ3) is 4.65. The third-order valence-electron chi connectivity index (χ3n) is 6.74. The Bertz CT molecular complexity index is 1200. The molecule has 0 spiro atoms. The number of hydrogen-bond donors (Lipinski definition) is 0. The van der Waals surface area contributed by atoms with Gasteiger partial charge in [0.15, 0.2) is 0 Å². The summed E-state index contributed by atoms with van der Waals surface area (Å²) < 4.78 is 41.8. The Morgan fingerprint density at radius 1 is 1.03 bits per heavy atom. The van der Waals surface area contributed by atoms with Crippen molar-refractivity contribution in [1.29, 1.82) is 0 Å². The molecule has 0 radical (unpaired) electrons. The molecule has 2 fully saturated rings. The summed E-state index contributed by atoms with van der Waals surface area (Å²) >= 11 is 0. The number of benzene rings is 2. The molecular weight excluding hydrogens is 438 g/mol. The van der Waals surface area contributed by atoms with Gasteiger partial charge < -0.3 is 9.47 Å². The van der Waals surface area contributed by atoms with Gasteiger partial charge in [-0.05, 0) is 61.1 Å². The van der Waals surface area contributed by atoms with Crippen molar-refractivity contribution >= 4 is 26.6 Å². The van der Waals surface area contributed by atoms with E-state index < -0.39 is 10.0 Å². The van der Waals surface area contributed by atoms with Gasteiger partial charge in [0.1, 0.15) is 0 Å². The summed E-state index contributed by atoms with van der Waals surface area (Å²) in [5.41, 5.74) is 2.84. The summed E-state index contributed by atoms with van der Waals surface area (Å²) in [6, 6.07) is 13.2. The van der Waals surface area contributed by atoms with E-state index in [-0.39, 0.29) is 5.92 Å². The number of aromatic nitrogens is 2. The molecule has 0 saturated carbocycles. The lowest BCUT2D eigenvalue weighted by Crippen LogP contribution is -2.42. The Kier molecular flexibility index (Phi) is 6.40. The first kappa shape index (κ1) is 22.4. The van der Waals surface area contributed by atoms with Crippen molar-refractivity contribution in [3.63, 3.8) is 0 Å². The monoisotopic (exact) mass is 469 g/mol. The minimum absolute atomic E-state index is 0.205. The molecule has 3 aromatic rings. The largest absolute Gasteiger partial charge is 0.381 e. The van der Waals surface area contributed by atoms with E-state index >= 15 is 0 Å².